The lowest BCUT2D eigenvalue weighted by Crippen LogP contribution is -2.17. The van der Waals surface area contributed by atoms with Crippen LogP contribution in [0.4, 0.5) is 5.82 Å². The zero-order valence-corrected chi connectivity index (χ0v) is 13.6. The average Bonchev–Trinajstić information content (AvgIpc) is 2.49. The van der Waals surface area contributed by atoms with E-state index >= 15 is 0 Å². The van der Waals surface area contributed by atoms with Crippen molar-refractivity contribution in [3.8, 4) is 6.07 Å². The molecule has 0 atom stereocenters. The number of anilines is 1. The summed E-state index contributed by atoms with van der Waals surface area (Å²) in [5.41, 5.74) is 3.42. The van der Waals surface area contributed by atoms with Gasteiger partial charge in [-0.3, -0.25) is 0 Å². The van der Waals surface area contributed by atoms with Crippen LogP contribution in [0, 0.1) is 25.2 Å². The molecule has 5 heteroatoms. The Morgan fingerprint density at radius 1 is 1.32 bits per heavy atom. The molecule has 22 heavy (non-hydrogen) atoms. The number of benzene rings is 1. The maximum Gasteiger partial charge on any atom is 0.150 e. The third-order valence-corrected chi connectivity index (χ3v) is 3.53. The molecule has 0 unspecified atom stereocenters. The number of aryl methyl sites for hydroxylation is 2. The normalized spacial score (nSPS) is 10.7. The Labute approximate surface area is 135 Å². The Morgan fingerprint density at radius 2 is 2.00 bits per heavy atom. The summed E-state index contributed by atoms with van der Waals surface area (Å²) in [4.78, 5) is 4.26. The summed E-state index contributed by atoms with van der Waals surface area (Å²) in [7, 11) is 0. The minimum atomic E-state index is 0.210. The number of hydrazone groups is 1. The van der Waals surface area contributed by atoms with Gasteiger partial charge in [0.2, 0.25) is 0 Å². The summed E-state index contributed by atoms with van der Waals surface area (Å²) in [5.74, 6) is 0.632. The molecule has 0 aliphatic heterocycles. The van der Waals surface area contributed by atoms with Crippen LogP contribution in [0.3, 0.4) is 0 Å². The molecule has 0 spiro atoms. The second kappa shape index (κ2) is 7.06. The van der Waals surface area contributed by atoms with E-state index in [0.717, 1.165) is 11.1 Å². The summed E-state index contributed by atoms with van der Waals surface area (Å²) in [6.45, 7) is 6.52. The van der Waals surface area contributed by atoms with Gasteiger partial charge >= 0.3 is 0 Å². The summed E-state index contributed by atoms with van der Waals surface area (Å²) in [5, 5.41) is 15.5. The van der Waals surface area contributed by atoms with Gasteiger partial charge in [-0.05, 0) is 38.0 Å². The number of hydrogen-bond acceptors (Lipinski definition) is 4. The molecular weight excluding hydrogens is 296 g/mol. The van der Waals surface area contributed by atoms with E-state index in [9.17, 15) is 0 Å². The van der Waals surface area contributed by atoms with Crippen LogP contribution in [0.25, 0.3) is 0 Å². The van der Waals surface area contributed by atoms with Crippen LogP contribution in [0.15, 0.2) is 35.4 Å². The Hall–Kier alpha value is -2.38. The number of hydrogen-bond donors (Lipinski definition) is 0. The van der Waals surface area contributed by atoms with Gasteiger partial charge in [-0.1, -0.05) is 41.4 Å². The second-order valence-corrected chi connectivity index (χ2v) is 5.30. The number of aromatic nitrogens is 1. The van der Waals surface area contributed by atoms with Crippen molar-refractivity contribution in [1.29, 1.82) is 5.26 Å². The molecule has 0 aliphatic rings. The summed E-state index contributed by atoms with van der Waals surface area (Å²) in [6, 6.07) is 12.0. The fourth-order valence-corrected chi connectivity index (χ4v) is 2.25. The summed E-state index contributed by atoms with van der Waals surface area (Å²) >= 11 is 6.06. The van der Waals surface area contributed by atoms with Crippen LogP contribution in [-0.2, 0) is 0 Å². The van der Waals surface area contributed by atoms with Gasteiger partial charge in [0, 0.05) is 6.54 Å². The van der Waals surface area contributed by atoms with Crippen LogP contribution < -0.4 is 5.01 Å². The Kier molecular flexibility index (Phi) is 5.13. The lowest BCUT2D eigenvalue weighted by molar-refractivity contribution is 0.871. The van der Waals surface area contributed by atoms with E-state index < -0.39 is 0 Å². The molecule has 2 rings (SSSR count). The first-order valence-electron chi connectivity index (χ1n) is 7.00. The van der Waals surface area contributed by atoms with Gasteiger partial charge in [-0.15, -0.1) is 0 Å². The monoisotopic (exact) mass is 312 g/mol. The molecule has 0 fully saturated rings. The minimum Gasteiger partial charge on any atom is -0.248 e. The maximum absolute atomic E-state index is 9.04. The van der Waals surface area contributed by atoms with Crippen molar-refractivity contribution in [2.75, 3.05) is 11.6 Å². The number of nitriles is 1. The molecule has 112 valence electrons. The third-order valence-electron chi connectivity index (χ3n) is 3.26. The van der Waals surface area contributed by atoms with Gasteiger partial charge in [0.15, 0.2) is 5.82 Å². The van der Waals surface area contributed by atoms with Crippen molar-refractivity contribution in [2.24, 2.45) is 5.10 Å². The molecular formula is C17H17ClN4. The largest absolute Gasteiger partial charge is 0.248 e. The number of rotatable bonds is 4. The first-order chi connectivity index (χ1) is 10.5. The molecule has 0 aliphatic carbocycles. The van der Waals surface area contributed by atoms with E-state index in [0.29, 0.717) is 17.9 Å². The zero-order chi connectivity index (χ0) is 16.1. The predicted molar refractivity (Wildman–Crippen MR) is 90.5 cm³/mol. The molecule has 0 radical (unpaired) electrons. The quantitative estimate of drug-likeness (QED) is 0.485. The zero-order valence-electron chi connectivity index (χ0n) is 12.8. The Bertz CT molecular complexity index is 706. The van der Waals surface area contributed by atoms with Crippen LogP contribution >= 0.6 is 11.6 Å². The maximum atomic E-state index is 9.04. The molecule has 2 aromatic rings. The summed E-state index contributed by atoms with van der Waals surface area (Å²) < 4.78 is 0. The van der Waals surface area contributed by atoms with Gasteiger partial charge in [-0.25, -0.2) is 9.99 Å². The van der Waals surface area contributed by atoms with Crippen molar-refractivity contribution in [1.82, 2.24) is 4.98 Å². The highest BCUT2D eigenvalue weighted by Crippen LogP contribution is 2.22. The molecule has 1 heterocycles. The molecule has 0 N–H and O–H groups in total. The predicted octanol–water partition coefficient (Wildman–Crippen LogP) is 4.08. The minimum absolute atomic E-state index is 0.210. The lowest BCUT2D eigenvalue weighted by Gasteiger charge is -2.17. The molecule has 0 saturated carbocycles. The third kappa shape index (κ3) is 3.63. The Balaban J connectivity index is 2.29. The van der Waals surface area contributed by atoms with E-state index in [1.165, 1.54) is 5.56 Å². The van der Waals surface area contributed by atoms with Gasteiger partial charge in [0.05, 0.1) is 11.8 Å². The molecule has 4 nitrogen and oxygen atoms in total. The number of nitrogens with zero attached hydrogens (tertiary/aromatic N) is 4. The van der Waals surface area contributed by atoms with E-state index in [2.05, 4.69) is 16.2 Å². The smallest absolute Gasteiger partial charge is 0.150 e. The molecule has 1 aromatic heterocycles. The van der Waals surface area contributed by atoms with E-state index in [-0.39, 0.29) is 5.15 Å². The molecule has 1 aromatic carbocycles. The van der Waals surface area contributed by atoms with Crippen LogP contribution in [0.5, 0.6) is 0 Å². The fourth-order valence-electron chi connectivity index (χ4n) is 1.98. The Morgan fingerprint density at radius 3 is 2.55 bits per heavy atom. The highest BCUT2D eigenvalue weighted by atomic mass is 35.5. The van der Waals surface area contributed by atoms with Gasteiger partial charge in [0.1, 0.15) is 11.2 Å². The highest BCUT2D eigenvalue weighted by Gasteiger charge is 2.11. The topological polar surface area (TPSA) is 52.3 Å². The van der Waals surface area contributed by atoms with E-state index in [1.54, 1.807) is 11.2 Å². The van der Waals surface area contributed by atoms with Gasteiger partial charge in [-0.2, -0.15) is 10.4 Å². The summed E-state index contributed by atoms with van der Waals surface area (Å²) in [6.07, 6.45) is 1.78. The lowest BCUT2D eigenvalue weighted by atomic mass is 10.2. The van der Waals surface area contributed by atoms with Crippen molar-refractivity contribution in [2.45, 2.75) is 20.8 Å². The average molecular weight is 313 g/mol. The van der Waals surface area contributed by atoms with Crippen molar-refractivity contribution >= 4 is 23.6 Å². The van der Waals surface area contributed by atoms with Crippen molar-refractivity contribution in [3.05, 3.63) is 57.7 Å². The van der Waals surface area contributed by atoms with E-state index in [4.69, 9.17) is 16.9 Å². The molecule has 0 saturated heterocycles. The number of pyridine rings is 1. The van der Waals surface area contributed by atoms with Crippen LogP contribution in [0.2, 0.25) is 5.15 Å². The van der Waals surface area contributed by atoms with Crippen molar-refractivity contribution in [3.63, 3.8) is 0 Å². The fraction of sp³-hybridized carbons (Fsp3) is 0.235. The first-order valence-corrected chi connectivity index (χ1v) is 7.38. The van der Waals surface area contributed by atoms with Gasteiger partial charge < -0.3 is 0 Å². The standard InChI is InChI=1S/C17H17ClN4/c1-4-22(20-11-14-7-5-12(2)6-8-14)16-9-13(3)15(10-19)17(18)21-16/h5-9,11H,4H2,1-3H3/b20-11+. The van der Waals surface area contributed by atoms with Crippen LogP contribution in [0.1, 0.15) is 29.2 Å². The second-order valence-electron chi connectivity index (χ2n) is 4.95. The molecule has 0 bridgehead atoms. The van der Waals surface area contributed by atoms with Gasteiger partial charge in [0.25, 0.3) is 0 Å². The first kappa shape index (κ1) is 16.0. The van der Waals surface area contributed by atoms with E-state index in [1.807, 2.05) is 51.1 Å². The number of halogens is 1. The van der Waals surface area contributed by atoms with Crippen LogP contribution in [-0.4, -0.2) is 17.7 Å². The highest BCUT2D eigenvalue weighted by molar-refractivity contribution is 6.30. The van der Waals surface area contributed by atoms with Crippen molar-refractivity contribution < 1.29 is 0 Å². The molecule has 0 amide bonds. The SMILES string of the molecule is CCN(/N=C/c1ccc(C)cc1)c1cc(C)c(C#N)c(Cl)n1.